The third kappa shape index (κ3) is 3.63. The van der Waals surface area contributed by atoms with Gasteiger partial charge in [0.05, 0.1) is 12.6 Å². The van der Waals surface area contributed by atoms with Gasteiger partial charge in [0.1, 0.15) is 11.4 Å². The Bertz CT molecular complexity index is 1620. The highest BCUT2D eigenvalue weighted by molar-refractivity contribution is 6.02. The van der Waals surface area contributed by atoms with Crippen LogP contribution in [-0.2, 0) is 18.9 Å². The zero-order valence-electron chi connectivity index (χ0n) is 20.7. The molecule has 1 amide bonds. The average Bonchev–Trinajstić information content (AvgIpc) is 3.66. The molecule has 184 valence electrons. The molecule has 0 unspecified atom stereocenters. The second-order valence-corrected chi connectivity index (χ2v) is 10.2. The molecular formula is C29H27N7O. The van der Waals surface area contributed by atoms with E-state index < -0.39 is 0 Å². The van der Waals surface area contributed by atoms with Crippen molar-refractivity contribution in [2.45, 2.75) is 31.1 Å². The van der Waals surface area contributed by atoms with Crippen LogP contribution >= 0.6 is 0 Å². The van der Waals surface area contributed by atoms with E-state index in [0.717, 1.165) is 54.4 Å². The van der Waals surface area contributed by atoms with E-state index >= 15 is 0 Å². The number of carbonyl (C=O) groups is 1. The van der Waals surface area contributed by atoms with Crippen LogP contribution in [0.1, 0.15) is 40.9 Å². The van der Waals surface area contributed by atoms with Crippen molar-refractivity contribution in [1.82, 2.24) is 35.1 Å². The number of pyridine rings is 1. The van der Waals surface area contributed by atoms with Crippen molar-refractivity contribution in [3.63, 3.8) is 0 Å². The Morgan fingerprint density at radius 3 is 2.65 bits per heavy atom. The fourth-order valence-electron chi connectivity index (χ4n) is 6.18. The standard InChI is InChI=1S/C29H27N7O/c1-35-33-27(32-34-35)24-10-9-21(18-30-24)22-7-4-6-20-17-25(31-26(20)22)28(37)36-15-13-29(14-16-36)12-11-19-5-2-3-8-23(19)29/h2-10,17-18,31H,11-16H2,1H3. The normalized spacial score (nSPS) is 16.4. The fraction of sp³-hybridized carbons (Fsp3) is 0.276. The van der Waals surface area contributed by atoms with Gasteiger partial charge in [-0.2, -0.15) is 4.80 Å². The molecule has 7 rings (SSSR count). The SMILES string of the molecule is Cn1nnc(-c2ccc(-c3cccc4cc(C(=O)N5CCC6(CCc7ccccc76)CC5)[nH]c34)cn2)n1. The second kappa shape index (κ2) is 8.37. The number of likely N-dealkylation sites (tertiary alicyclic amines) is 1. The number of carbonyl (C=O) groups excluding carboxylic acids is 1. The zero-order valence-corrected chi connectivity index (χ0v) is 20.7. The largest absolute Gasteiger partial charge is 0.350 e. The van der Waals surface area contributed by atoms with Crippen LogP contribution in [0.4, 0.5) is 0 Å². The average molecular weight is 490 g/mol. The predicted molar refractivity (Wildman–Crippen MR) is 141 cm³/mol. The lowest BCUT2D eigenvalue weighted by Crippen LogP contribution is -2.44. The molecule has 8 nitrogen and oxygen atoms in total. The van der Waals surface area contributed by atoms with Crippen molar-refractivity contribution in [2.75, 3.05) is 13.1 Å². The highest BCUT2D eigenvalue weighted by atomic mass is 16.2. The summed E-state index contributed by atoms with van der Waals surface area (Å²) in [5.41, 5.74) is 7.43. The molecule has 1 spiro atoms. The summed E-state index contributed by atoms with van der Waals surface area (Å²) in [6.45, 7) is 1.58. The highest BCUT2D eigenvalue weighted by Gasteiger charge is 2.41. The van der Waals surface area contributed by atoms with E-state index in [0.29, 0.717) is 17.2 Å². The maximum absolute atomic E-state index is 13.5. The van der Waals surface area contributed by atoms with Gasteiger partial charge >= 0.3 is 0 Å². The van der Waals surface area contributed by atoms with E-state index in [1.165, 1.54) is 22.3 Å². The number of tetrazole rings is 1. The Hall–Kier alpha value is -4.33. The molecule has 0 atom stereocenters. The Labute approximate surface area is 214 Å². The summed E-state index contributed by atoms with van der Waals surface area (Å²) in [6.07, 6.45) is 6.22. The van der Waals surface area contributed by atoms with Gasteiger partial charge in [-0.3, -0.25) is 9.78 Å². The van der Waals surface area contributed by atoms with Crippen molar-refractivity contribution in [3.8, 4) is 22.6 Å². The predicted octanol–water partition coefficient (Wildman–Crippen LogP) is 4.54. The van der Waals surface area contributed by atoms with E-state index in [9.17, 15) is 4.79 Å². The molecule has 2 aromatic carbocycles. The number of piperidine rings is 1. The van der Waals surface area contributed by atoms with Crippen molar-refractivity contribution in [2.24, 2.45) is 7.05 Å². The molecule has 1 aliphatic heterocycles. The number of benzene rings is 2. The number of fused-ring (bicyclic) bond motifs is 3. The number of aromatic nitrogens is 6. The smallest absolute Gasteiger partial charge is 0.270 e. The summed E-state index contributed by atoms with van der Waals surface area (Å²) < 4.78 is 0. The van der Waals surface area contributed by atoms with Gasteiger partial charge in [-0.15, -0.1) is 10.2 Å². The summed E-state index contributed by atoms with van der Waals surface area (Å²) in [6, 6.07) is 20.8. The fourth-order valence-corrected chi connectivity index (χ4v) is 6.18. The van der Waals surface area contributed by atoms with Crippen LogP contribution in [0.5, 0.6) is 0 Å². The number of H-pyrrole nitrogens is 1. The number of rotatable bonds is 3. The first-order chi connectivity index (χ1) is 18.1. The molecule has 1 N–H and O–H groups in total. The van der Waals surface area contributed by atoms with Gasteiger partial charge in [-0.05, 0) is 59.6 Å². The van der Waals surface area contributed by atoms with Gasteiger partial charge in [0.2, 0.25) is 5.82 Å². The molecule has 1 saturated heterocycles. The van der Waals surface area contributed by atoms with Crippen LogP contribution in [-0.4, -0.2) is 54.1 Å². The van der Waals surface area contributed by atoms with E-state index in [-0.39, 0.29) is 11.3 Å². The summed E-state index contributed by atoms with van der Waals surface area (Å²) >= 11 is 0. The van der Waals surface area contributed by atoms with Crippen LogP contribution in [0, 0.1) is 0 Å². The lowest BCUT2D eigenvalue weighted by atomic mass is 9.74. The summed E-state index contributed by atoms with van der Waals surface area (Å²) in [7, 11) is 1.73. The molecule has 0 radical (unpaired) electrons. The monoisotopic (exact) mass is 489 g/mol. The molecule has 8 heteroatoms. The minimum atomic E-state index is 0.0745. The van der Waals surface area contributed by atoms with Crippen molar-refractivity contribution in [1.29, 1.82) is 0 Å². The van der Waals surface area contributed by atoms with Gasteiger partial charge in [0, 0.05) is 35.8 Å². The number of para-hydroxylation sites is 1. The molecule has 0 saturated carbocycles. The minimum Gasteiger partial charge on any atom is -0.350 e. The first kappa shape index (κ1) is 21.9. The lowest BCUT2D eigenvalue weighted by Gasteiger charge is -2.40. The van der Waals surface area contributed by atoms with Gasteiger partial charge in [-0.25, -0.2) is 0 Å². The molecule has 0 bridgehead atoms. The molecule has 4 heterocycles. The van der Waals surface area contributed by atoms with E-state index in [2.05, 4.69) is 49.6 Å². The third-order valence-corrected chi connectivity index (χ3v) is 8.17. The number of nitrogens with zero attached hydrogens (tertiary/aromatic N) is 6. The van der Waals surface area contributed by atoms with Crippen molar-refractivity contribution in [3.05, 3.63) is 83.7 Å². The molecular weight excluding hydrogens is 462 g/mol. The molecule has 3 aromatic heterocycles. The molecule has 5 aromatic rings. The van der Waals surface area contributed by atoms with Crippen LogP contribution in [0.25, 0.3) is 33.5 Å². The third-order valence-electron chi connectivity index (χ3n) is 8.17. The molecule has 37 heavy (non-hydrogen) atoms. The Balaban J connectivity index is 1.13. The van der Waals surface area contributed by atoms with Crippen molar-refractivity contribution >= 4 is 16.8 Å². The quantitative estimate of drug-likeness (QED) is 0.402. The highest BCUT2D eigenvalue weighted by Crippen LogP contribution is 2.46. The number of hydrogen-bond donors (Lipinski definition) is 1. The summed E-state index contributed by atoms with van der Waals surface area (Å²) in [5.74, 6) is 0.565. The van der Waals surface area contributed by atoms with Crippen LogP contribution < -0.4 is 0 Å². The van der Waals surface area contributed by atoms with Gasteiger partial charge in [0.15, 0.2) is 0 Å². The maximum Gasteiger partial charge on any atom is 0.270 e. The first-order valence-electron chi connectivity index (χ1n) is 12.8. The number of hydrogen-bond acceptors (Lipinski definition) is 5. The van der Waals surface area contributed by atoms with Crippen LogP contribution in [0.2, 0.25) is 0 Å². The number of nitrogens with one attached hydrogen (secondary N) is 1. The lowest BCUT2D eigenvalue weighted by molar-refractivity contribution is 0.0661. The zero-order chi connectivity index (χ0) is 25.0. The summed E-state index contributed by atoms with van der Waals surface area (Å²) in [5, 5.41) is 13.1. The van der Waals surface area contributed by atoms with E-state index in [4.69, 9.17) is 0 Å². The summed E-state index contributed by atoms with van der Waals surface area (Å²) in [4.78, 5) is 24.9. The molecule has 2 aliphatic rings. The number of aryl methyl sites for hydroxylation is 2. The number of amides is 1. The van der Waals surface area contributed by atoms with Gasteiger partial charge in [-0.1, -0.05) is 48.5 Å². The number of aromatic amines is 1. The Morgan fingerprint density at radius 1 is 1.00 bits per heavy atom. The maximum atomic E-state index is 13.5. The Kier molecular flexibility index (Phi) is 4.96. The van der Waals surface area contributed by atoms with Crippen molar-refractivity contribution < 1.29 is 4.79 Å². The first-order valence-corrected chi connectivity index (χ1v) is 12.8. The minimum absolute atomic E-state index is 0.0745. The van der Waals surface area contributed by atoms with E-state index in [1.54, 1.807) is 7.05 Å². The van der Waals surface area contributed by atoms with Gasteiger partial charge < -0.3 is 9.88 Å². The molecule has 1 aliphatic carbocycles. The topological polar surface area (TPSA) is 92.6 Å². The Morgan fingerprint density at radius 2 is 1.86 bits per heavy atom. The van der Waals surface area contributed by atoms with E-state index in [1.807, 2.05) is 47.5 Å². The molecule has 1 fully saturated rings. The van der Waals surface area contributed by atoms with Crippen LogP contribution in [0.15, 0.2) is 66.9 Å². The van der Waals surface area contributed by atoms with Crippen LogP contribution in [0.3, 0.4) is 0 Å². The van der Waals surface area contributed by atoms with Gasteiger partial charge in [0.25, 0.3) is 5.91 Å². The second-order valence-electron chi connectivity index (χ2n) is 10.2.